The van der Waals surface area contributed by atoms with E-state index >= 15 is 0 Å². The van der Waals surface area contributed by atoms with E-state index in [1.165, 1.54) is 0 Å². The van der Waals surface area contributed by atoms with Crippen molar-refractivity contribution in [2.75, 3.05) is 46.3 Å². The molecule has 0 aliphatic carbocycles. The Kier molecular flexibility index (Phi) is 5.91. The molecule has 16 heavy (non-hydrogen) atoms. The third-order valence-electron chi connectivity index (χ3n) is 2.91. The number of nitrogens with one attached hydrogen (secondary N) is 1. The lowest BCUT2D eigenvalue weighted by atomic mass is 10.2. The number of amides is 1. The Morgan fingerprint density at radius 2 is 1.94 bits per heavy atom. The molecular weight excluding hydrogens is 202 g/mol. The number of unbranched alkanes of at least 4 members (excludes halogenated alkanes) is 1. The molecule has 0 spiro atoms. The Balaban J connectivity index is 2.14. The Morgan fingerprint density at radius 3 is 2.50 bits per heavy atom. The fourth-order valence-corrected chi connectivity index (χ4v) is 1.86. The summed E-state index contributed by atoms with van der Waals surface area (Å²) in [5.41, 5.74) is 0. The molecule has 0 aromatic heterocycles. The number of hydrogen-bond acceptors (Lipinski definition) is 3. The molecule has 1 rings (SSSR count). The van der Waals surface area contributed by atoms with Gasteiger partial charge in [0.2, 0.25) is 5.91 Å². The smallest absolute Gasteiger partial charge is 0.233 e. The predicted molar refractivity (Wildman–Crippen MR) is 65.0 cm³/mol. The minimum absolute atomic E-state index is 0.0979. The number of carbonyl (C=O) groups excluding carboxylic acids is 1. The lowest BCUT2D eigenvalue weighted by molar-refractivity contribution is -0.122. The minimum atomic E-state index is 0.0979. The molecule has 4 heteroatoms. The second-order valence-corrected chi connectivity index (χ2v) is 4.10. The van der Waals surface area contributed by atoms with Crippen LogP contribution in [0.4, 0.5) is 0 Å². The molecule has 0 aromatic rings. The van der Waals surface area contributed by atoms with E-state index in [9.17, 15) is 4.79 Å². The maximum Gasteiger partial charge on any atom is 0.233 e. The van der Waals surface area contributed by atoms with Gasteiger partial charge in [-0.1, -0.05) is 0 Å². The third kappa shape index (κ3) is 4.65. The summed E-state index contributed by atoms with van der Waals surface area (Å²) in [7, 11) is 1.68. The molecule has 0 atom stereocenters. The molecule has 90 valence electrons. The summed E-state index contributed by atoms with van der Waals surface area (Å²) in [6, 6.07) is 0. The molecule has 0 radical (unpaired) electrons. The highest BCUT2D eigenvalue weighted by molar-refractivity contribution is 5.77. The van der Waals surface area contributed by atoms with Gasteiger partial charge in [0, 0.05) is 39.6 Å². The Bertz CT molecular complexity index is 251. The summed E-state index contributed by atoms with van der Waals surface area (Å²) in [6.45, 7) is 5.64. The van der Waals surface area contributed by atoms with Gasteiger partial charge in [-0.3, -0.25) is 9.69 Å². The van der Waals surface area contributed by atoms with E-state index in [0.29, 0.717) is 6.54 Å². The first kappa shape index (κ1) is 13.0. The number of rotatable bonds is 5. The Labute approximate surface area is 98.0 Å². The third-order valence-corrected chi connectivity index (χ3v) is 2.91. The first-order valence-electron chi connectivity index (χ1n) is 5.85. The molecule has 0 bridgehead atoms. The SMILES string of the molecule is C#CCCCN1CCN(CC(=O)NC)CC1. The van der Waals surface area contributed by atoms with Gasteiger partial charge in [0.25, 0.3) is 0 Å². The van der Waals surface area contributed by atoms with Gasteiger partial charge in [-0.2, -0.15) is 0 Å². The van der Waals surface area contributed by atoms with Crippen LogP contribution in [0.3, 0.4) is 0 Å². The number of nitrogens with zero attached hydrogens (tertiary/aromatic N) is 2. The van der Waals surface area contributed by atoms with Gasteiger partial charge in [-0.05, 0) is 13.0 Å². The van der Waals surface area contributed by atoms with Crippen molar-refractivity contribution in [1.82, 2.24) is 15.1 Å². The van der Waals surface area contributed by atoms with Crippen molar-refractivity contribution in [2.24, 2.45) is 0 Å². The van der Waals surface area contributed by atoms with Crippen LogP contribution < -0.4 is 5.32 Å². The van der Waals surface area contributed by atoms with Gasteiger partial charge < -0.3 is 10.2 Å². The van der Waals surface area contributed by atoms with Crippen LogP contribution in [0.25, 0.3) is 0 Å². The molecule has 1 aliphatic rings. The normalized spacial score (nSPS) is 18.0. The topological polar surface area (TPSA) is 35.6 Å². The molecule has 0 saturated carbocycles. The summed E-state index contributed by atoms with van der Waals surface area (Å²) < 4.78 is 0. The highest BCUT2D eigenvalue weighted by Crippen LogP contribution is 2.02. The van der Waals surface area contributed by atoms with E-state index < -0.39 is 0 Å². The number of hydrogen-bond donors (Lipinski definition) is 1. The standard InChI is InChI=1S/C12H21N3O/c1-3-4-5-6-14-7-9-15(10-8-14)11-12(16)13-2/h1H,4-11H2,2H3,(H,13,16). The molecule has 1 aliphatic heterocycles. The quantitative estimate of drug-likeness (QED) is 0.516. The molecular formula is C12H21N3O. The highest BCUT2D eigenvalue weighted by atomic mass is 16.1. The zero-order valence-corrected chi connectivity index (χ0v) is 10.0. The zero-order chi connectivity index (χ0) is 11.8. The number of terminal acetylenes is 1. The van der Waals surface area contributed by atoms with Gasteiger partial charge in [-0.25, -0.2) is 0 Å². The molecule has 1 heterocycles. The maximum absolute atomic E-state index is 11.2. The first-order chi connectivity index (χ1) is 7.76. The summed E-state index contributed by atoms with van der Waals surface area (Å²) in [5, 5.41) is 2.65. The van der Waals surface area contributed by atoms with Crippen molar-refractivity contribution in [1.29, 1.82) is 0 Å². The number of carbonyl (C=O) groups is 1. The Morgan fingerprint density at radius 1 is 1.31 bits per heavy atom. The van der Waals surface area contributed by atoms with Crippen LogP contribution in [-0.4, -0.2) is 62.0 Å². The van der Waals surface area contributed by atoms with Crippen molar-refractivity contribution < 1.29 is 4.79 Å². The van der Waals surface area contributed by atoms with Crippen LogP contribution in [0.2, 0.25) is 0 Å². The van der Waals surface area contributed by atoms with Crippen LogP contribution in [-0.2, 0) is 4.79 Å². The molecule has 1 fully saturated rings. The summed E-state index contributed by atoms with van der Waals surface area (Å²) >= 11 is 0. The second-order valence-electron chi connectivity index (χ2n) is 4.10. The fraction of sp³-hybridized carbons (Fsp3) is 0.750. The molecule has 1 amide bonds. The van der Waals surface area contributed by atoms with Crippen molar-refractivity contribution in [2.45, 2.75) is 12.8 Å². The average Bonchev–Trinajstić information content (AvgIpc) is 2.31. The van der Waals surface area contributed by atoms with E-state index in [-0.39, 0.29) is 5.91 Å². The lowest BCUT2D eigenvalue weighted by Crippen LogP contribution is -2.49. The van der Waals surface area contributed by atoms with E-state index in [1.54, 1.807) is 7.05 Å². The van der Waals surface area contributed by atoms with Crippen LogP contribution in [0.15, 0.2) is 0 Å². The molecule has 1 N–H and O–H groups in total. The summed E-state index contributed by atoms with van der Waals surface area (Å²) in [6.07, 6.45) is 7.15. The van der Waals surface area contributed by atoms with Crippen LogP contribution in [0.1, 0.15) is 12.8 Å². The van der Waals surface area contributed by atoms with E-state index in [1.807, 2.05) is 0 Å². The largest absolute Gasteiger partial charge is 0.358 e. The van der Waals surface area contributed by atoms with Crippen molar-refractivity contribution in [3.63, 3.8) is 0 Å². The van der Waals surface area contributed by atoms with Gasteiger partial charge in [0.1, 0.15) is 0 Å². The summed E-state index contributed by atoms with van der Waals surface area (Å²) in [5.74, 6) is 2.76. The highest BCUT2D eigenvalue weighted by Gasteiger charge is 2.17. The van der Waals surface area contributed by atoms with Crippen molar-refractivity contribution in [3.8, 4) is 12.3 Å². The van der Waals surface area contributed by atoms with E-state index in [2.05, 4.69) is 21.0 Å². The predicted octanol–water partition coefficient (Wildman–Crippen LogP) is -0.237. The lowest BCUT2D eigenvalue weighted by Gasteiger charge is -2.34. The van der Waals surface area contributed by atoms with Gasteiger partial charge >= 0.3 is 0 Å². The number of piperazine rings is 1. The first-order valence-corrected chi connectivity index (χ1v) is 5.85. The van der Waals surface area contributed by atoms with Crippen LogP contribution in [0.5, 0.6) is 0 Å². The minimum Gasteiger partial charge on any atom is -0.358 e. The molecule has 0 aromatic carbocycles. The van der Waals surface area contributed by atoms with Gasteiger partial charge in [0.05, 0.1) is 6.54 Å². The van der Waals surface area contributed by atoms with Crippen LogP contribution in [0, 0.1) is 12.3 Å². The van der Waals surface area contributed by atoms with E-state index in [4.69, 9.17) is 6.42 Å². The second kappa shape index (κ2) is 7.26. The van der Waals surface area contributed by atoms with Gasteiger partial charge in [-0.15, -0.1) is 12.3 Å². The molecule has 1 saturated heterocycles. The molecule has 0 unspecified atom stereocenters. The fourth-order valence-electron chi connectivity index (χ4n) is 1.86. The van der Waals surface area contributed by atoms with Gasteiger partial charge in [0.15, 0.2) is 0 Å². The molecule has 4 nitrogen and oxygen atoms in total. The van der Waals surface area contributed by atoms with Crippen molar-refractivity contribution in [3.05, 3.63) is 0 Å². The Hall–Kier alpha value is -1.05. The van der Waals surface area contributed by atoms with Crippen LogP contribution >= 0.6 is 0 Å². The number of likely N-dealkylation sites (N-methyl/N-ethyl adjacent to an activating group) is 1. The maximum atomic E-state index is 11.2. The zero-order valence-electron chi connectivity index (χ0n) is 10.0. The van der Waals surface area contributed by atoms with E-state index in [0.717, 1.165) is 45.6 Å². The average molecular weight is 223 g/mol. The van der Waals surface area contributed by atoms with Crippen molar-refractivity contribution >= 4 is 5.91 Å². The summed E-state index contributed by atoms with van der Waals surface area (Å²) in [4.78, 5) is 15.8. The monoisotopic (exact) mass is 223 g/mol.